The summed E-state index contributed by atoms with van der Waals surface area (Å²) < 4.78 is 2.66. The van der Waals surface area contributed by atoms with E-state index in [0.717, 1.165) is 37.3 Å². The molecule has 3 nitrogen and oxygen atoms in total. The van der Waals surface area contributed by atoms with E-state index >= 15 is 0 Å². The standard InChI is InChI=1S/C27H26NSe.C13H24O2.Ir/c1-27(2)14-11-21(12-15-27)19-7-9-20(10-8-19)22-13-16-28-24(17-22)26-18-23-5-3-4-6-25(23)29-26;1-5-10(6-2)12(14)9-13(15)11(7-3)8-4;/h3-10,13,16-17,21H,11-12,14-15H2,1-2H3;9-11,14H,5-8H2,1-4H3;/q-1;;/b;12-9-;. The third kappa shape index (κ3) is 10.1. The molecule has 2 aromatic heterocycles. The molecule has 1 N–H and O–H groups in total. The molecule has 45 heavy (non-hydrogen) atoms. The molecule has 2 aromatic carbocycles. The van der Waals surface area contributed by atoms with Crippen molar-refractivity contribution in [3.63, 3.8) is 0 Å². The van der Waals surface area contributed by atoms with Gasteiger partial charge in [0.05, 0.1) is 5.76 Å². The maximum atomic E-state index is 11.7. The van der Waals surface area contributed by atoms with E-state index in [1.807, 2.05) is 33.9 Å². The molecule has 0 saturated heterocycles. The number of hydrogen-bond donors (Lipinski definition) is 1. The Morgan fingerprint density at radius 2 is 1.56 bits per heavy atom. The minimum absolute atomic E-state index is 0. The Bertz CT molecular complexity index is 1490. The van der Waals surface area contributed by atoms with E-state index in [0.29, 0.717) is 19.9 Å². The van der Waals surface area contributed by atoms with Crippen LogP contribution in [0.2, 0.25) is 0 Å². The zero-order chi connectivity index (χ0) is 31.7. The summed E-state index contributed by atoms with van der Waals surface area (Å²) in [5.41, 5.74) is 5.61. The molecule has 4 aromatic rings. The topological polar surface area (TPSA) is 50.2 Å². The summed E-state index contributed by atoms with van der Waals surface area (Å²) in [6.07, 6.45) is 12.2. The van der Waals surface area contributed by atoms with Crippen molar-refractivity contribution >= 4 is 29.9 Å². The predicted octanol–water partition coefficient (Wildman–Crippen LogP) is 11.0. The zero-order valence-corrected chi connectivity index (χ0v) is 32.0. The molecule has 5 heteroatoms. The fraction of sp³-hybridized carbons (Fsp3) is 0.450. The Kier molecular flexibility index (Phi) is 14.5. The quantitative estimate of drug-likeness (QED) is 0.0749. The van der Waals surface area contributed by atoms with Crippen LogP contribution in [0.1, 0.15) is 104 Å². The molecular formula is C40H50IrNO2Se-. The number of aliphatic hydroxyl groups is 1. The van der Waals surface area contributed by atoms with E-state index in [2.05, 4.69) is 85.6 Å². The molecule has 1 radical (unpaired) electrons. The van der Waals surface area contributed by atoms with Crippen molar-refractivity contribution in [3.05, 3.63) is 90.3 Å². The van der Waals surface area contributed by atoms with Gasteiger partial charge in [-0.15, -0.1) is 0 Å². The largest absolute Gasteiger partial charge is 0.512 e. The van der Waals surface area contributed by atoms with Crippen LogP contribution in [0.3, 0.4) is 0 Å². The number of benzene rings is 2. The monoisotopic (exact) mass is 849 g/mol. The SMILES string of the molecule is CC1(C)CCC(c2ccc(-c3ccnc(-c4[c-]c5ccccc5[se]4)c3)cc2)CC1.CCC(CC)C(=O)/C=C(\O)C(CC)CC.[Ir]. The predicted molar refractivity (Wildman–Crippen MR) is 187 cm³/mol. The van der Waals surface area contributed by atoms with Crippen molar-refractivity contribution in [2.24, 2.45) is 17.3 Å². The summed E-state index contributed by atoms with van der Waals surface area (Å²) in [6, 6.07) is 25.8. The number of hydrogen-bond acceptors (Lipinski definition) is 3. The Morgan fingerprint density at radius 3 is 2.16 bits per heavy atom. The molecule has 2 heterocycles. The van der Waals surface area contributed by atoms with Crippen molar-refractivity contribution < 1.29 is 30.0 Å². The fourth-order valence-corrected chi connectivity index (χ4v) is 8.27. The molecule has 0 unspecified atom stereocenters. The van der Waals surface area contributed by atoms with Gasteiger partial charge in [-0.05, 0) is 25.7 Å². The van der Waals surface area contributed by atoms with E-state index in [-0.39, 0.29) is 43.5 Å². The van der Waals surface area contributed by atoms with Crippen molar-refractivity contribution in [1.82, 2.24) is 4.98 Å². The zero-order valence-electron chi connectivity index (χ0n) is 27.9. The van der Waals surface area contributed by atoms with Crippen LogP contribution in [-0.4, -0.2) is 30.4 Å². The van der Waals surface area contributed by atoms with Crippen LogP contribution in [0.25, 0.3) is 30.9 Å². The summed E-state index contributed by atoms with van der Waals surface area (Å²) in [5, 5.41) is 11.0. The molecule has 5 rings (SSSR count). The molecule has 0 amide bonds. The summed E-state index contributed by atoms with van der Waals surface area (Å²) in [7, 11) is 0. The molecular weight excluding hydrogens is 798 g/mol. The molecule has 243 valence electrons. The number of carbonyl (C=O) groups is 1. The van der Waals surface area contributed by atoms with Crippen LogP contribution in [-0.2, 0) is 24.9 Å². The van der Waals surface area contributed by atoms with E-state index in [1.165, 1.54) is 62.5 Å². The number of rotatable bonds is 10. The Balaban J connectivity index is 0.000000297. The van der Waals surface area contributed by atoms with Gasteiger partial charge in [0.25, 0.3) is 0 Å². The van der Waals surface area contributed by atoms with Gasteiger partial charge in [0.15, 0.2) is 5.78 Å². The number of aliphatic hydroxyl groups excluding tert-OH is 1. The molecule has 0 atom stereocenters. The van der Waals surface area contributed by atoms with Gasteiger partial charge in [-0.3, -0.25) is 4.79 Å². The van der Waals surface area contributed by atoms with Crippen LogP contribution in [0, 0.1) is 23.3 Å². The van der Waals surface area contributed by atoms with E-state index in [4.69, 9.17) is 0 Å². The van der Waals surface area contributed by atoms with Crippen molar-refractivity contribution in [3.8, 4) is 21.3 Å². The van der Waals surface area contributed by atoms with Gasteiger partial charge in [0.1, 0.15) is 0 Å². The molecule has 0 bridgehead atoms. The van der Waals surface area contributed by atoms with Crippen LogP contribution in [0.4, 0.5) is 0 Å². The van der Waals surface area contributed by atoms with Crippen molar-refractivity contribution in [2.45, 2.75) is 98.8 Å². The minimum Gasteiger partial charge on any atom is -0.512 e. The molecule has 1 fully saturated rings. The third-order valence-electron chi connectivity index (χ3n) is 9.48. The maximum absolute atomic E-state index is 11.7. The van der Waals surface area contributed by atoms with Crippen LogP contribution < -0.4 is 0 Å². The smallest absolute Gasteiger partial charge is 0.162 e. The number of aromatic nitrogens is 1. The van der Waals surface area contributed by atoms with Gasteiger partial charge in [0.2, 0.25) is 0 Å². The van der Waals surface area contributed by atoms with Gasteiger partial charge < -0.3 is 5.11 Å². The number of pyridine rings is 1. The Labute approximate surface area is 291 Å². The second-order valence-corrected chi connectivity index (χ2v) is 15.2. The van der Waals surface area contributed by atoms with E-state index in [9.17, 15) is 9.90 Å². The Hall–Kier alpha value is -2.29. The van der Waals surface area contributed by atoms with Crippen molar-refractivity contribution in [1.29, 1.82) is 0 Å². The van der Waals surface area contributed by atoms with Gasteiger partial charge >= 0.3 is 166 Å². The number of allylic oxidation sites excluding steroid dienone is 2. The van der Waals surface area contributed by atoms with E-state index in [1.54, 1.807) is 0 Å². The first-order valence-electron chi connectivity index (χ1n) is 16.6. The average Bonchev–Trinajstić information content (AvgIpc) is 3.47. The average molecular weight is 848 g/mol. The molecule has 1 saturated carbocycles. The van der Waals surface area contributed by atoms with Gasteiger partial charge in [-0.25, -0.2) is 0 Å². The molecule has 0 spiro atoms. The van der Waals surface area contributed by atoms with Crippen LogP contribution in [0.5, 0.6) is 0 Å². The number of fused-ring (bicyclic) bond motifs is 1. The second kappa shape index (κ2) is 17.6. The van der Waals surface area contributed by atoms with Crippen LogP contribution in [0.15, 0.2) is 78.7 Å². The molecule has 1 aliphatic rings. The number of ketones is 1. The van der Waals surface area contributed by atoms with Crippen molar-refractivity contribution in [2.75, 3.05) is 0 Å². The summed E-state index contributed by atoms with van der Waals surface area (Å²) in [4.78, 5) is 16.4. The third-order valence-corrected chi connectivity index (χ3v) is 11.8. The summed E-state index contributed by atoms with van der Waals surface area (Å²) in [6.45, 7) is 12.9. The van der Waals surface area contributed by atoms with Gasteiger partial charge in [0, 0.05) is 38.0 Å². The first kappa shape index (κ1) is 37.2. The fourth-order valence-electron chi connectivity index (χ4n) is 6.23. The maximum Gasteiger partial charge on any atom is 0.162 e. The number of carbonyl (C=O) groups excluding carboxylic acids is 1. The second-order valence-electron chi connectivity index (χ2n) is 13.0. The van der Waals surface area contributed by atoms with E-state index < -0.39 is 0 Å². The van der Waals surface area contributed by atoms with Gasteiger partial charge in [-0.2, -0.15) is 0 Å². The summed E-state index contributed by atoms with van der Waals surface area (Å²) >= 11 is 0.292. The van der Waals surface area contributed by atoms with Crippen LogP contribution >= 0.6 is 0 Å². The van der Waals surface area contributed by atoms with Gasteiger partial charge in [-0.1, -0.05) is 41.5 Å². The first-order valence-corrected chi connectivity index (χ1v) is 18.3. The first-order chi connectivity index (χ1) is 21.2. The molecule has 0 aliphatic heterocycles. The molecule has 1 aliphatic carbocycles. The minimum atomic E-state index is 0. The normalized spacial score (nSPS) is 15.1. The summed E-state index contributed by atoms with van der Waals surface area (Å²) in [5.74, 6) is 1.27. The number of nitrogens with zero attached hydrogens (tertiary/aromatic N) is 1. The Morgan fingerprint density at radius 1 is 0.933 bits per heavy atom.